The van der Waals surface area contributed by atoms with E-state index in [1.165, 1.54) is 18.2 Å². The van der Waals surface area contributed by atoms with E-state index >= 15 is 0 Å². The summed E-state index contributed by atoms with van der Waals surface area (Å²) >= 11 is 0. The van der Waals surface area contributed by atoms with E-state index in [4.69, 9.17) is 0 Å². The summed E-state index contributed by atoms with van der Waals surface area (Å²) in [4.78, 5) is 16.5. The van der Waals surface area contributed by atoms with E-state index in [0.29, 0.717) is 5.56 Å². The average Bonchev–Trinajstić information content (AvgIpc) is 2.67. The smallest absolute Gasteiger partial charge is 0.185 e. The molecule has 0 spiro atoms. The Bertz CT molecular complexity index is 941. The van der Waals surface area contributed by atoms with Crippen molar-refractivity contribution in [1.29, 1.82) is 0 Å². The van der Waals surface area contributed by atoms with E-state index in [1.54, 1.807) is 73.0 Å². The number of hydrogen-bond donors (Lipinski definition) is 1. The van der Waals surface area contributed by atoms with Gasteiger partial charge >= 0.3 is 0 Å². The number of allylic oxidation sites excluding steroid dienone is 1. The highest BCUT2D eigenvalue weighted by molar-refractivity contribution is 6.07. The van der Waals surface area contributed by atoms with Gasteiger partial charge in [0.05, 0.1) is 5.69 Å². The van der Waals surface area contributed by atoms with Crippen LogP contribution in [0.2, 0.25) is 0 Å². The van der Waals surface area contributed by atoms with Crippen LogP contribution in [0.25, 0.3) is 6.08 Å². The number of carbonyl (C=O) groups is 1. The fraction of sp³-hybridized carbons (Fsp3) is 0. The topological polar surface area (TPSA) is 49.7 Å². The maximum absolute atomic E-state index is 12.9. The van der Waals surface area contributed by atoms with Gasteiger partial charge in [-0.15, -0.1) is 0 Å². The molecule has 3 rings (SSSR count). The minimum Gasteiger partial charge on any atom is -0.508 e. The zero-order valence-corrected chi connectivity index (χ0v) is 13.8. The van der Waals surface area contributed by atoms with Crippen LogP contribution in [0.15, 0.2) is 83.9 Å². The lowest BCUT2D eigenvalue weighted by Gasteiger charge is -1.98. The molecule has 1 N–H and O–H groups in total. The van der Waals surface area contributed by atoms with Crippen LogP contribution in [0.3, 0.4) is 0 Å². The van der Waals surface area contributed by atoms with Gasteiger partial charge in [0.15, 0.2) is 5.78 Å². The van der Waals surface area contributed by atoms with Gasteiger partial charge in [-0.1, -0.05) is 18.2 Å². The number of aromatic hydroxyl groups is 1. The van der Waals surface area contributed by atoms with Crippen molar-refractivity contribution < 1.29 is 14.3 Å². The number of carbonyl (C=O) groups excluding carboxylic acids is 1. The quantitative estimate of drug-likeness (QED) is 0.394. The lowest BCUT2D eigenvalue weighted by atomic mass is 10.1. The van der Waals surface area contributed by atoms with Crippen molar-refractivity contribution in [3.05, 3.63) is 101 Å². The van der Waals surface area contributed by atoms with Crippen LogP contribution >= 0.6 is 0 Å². The number of phenolic OH excluding ortho intramolecular Hbond substituents is 1. The van der Waals surface area contributed by atoms with E-state index in [2.05, 4.69) is 4.99 Å². The van der Waals surface area contributed by atoms with Crippen molar-refractivity contribution in [3.63, 3.8) is 0 Å². The van der Waals surface area contributed by atoms with Gasteiger partial charge in [-0.25, -0.2) is 4.39 Å². The molecular formula is C22H16FNO2. The van der Waals surface area contributed by atoms with Crippen LogP contribution in [0.5, 0.6) is 5.75 Å². The second-order valence-electron chi connectivity index (χ2n) is 5.65. The lowest BCUT2D eigenvalue weighted by Crippen LogP contribution is -1.93. The number of benzene rings is 3. The molecule has 0 aliphatic carbocycles. The van der Waals surface area contributed by atoms with Crippen molar-refractivity contribution in [1.82, 2.24) is 0 Å². The molecule has 0 radical (unpaired) electrons. The molecule has 4 heteroatoms. The van der Waals surface area contributed by atoms with Crippen LogP contribution in [0.4, 0.5) is 10.1 Å². The van der Waals surface area contributed by atoms with Crippen molar-refractivity contribution >= 4 is 23.8 Å². The lowest BCUT2D eigenvalue weighted by molar-refractivity contribution is 0.104. The molecule has 0 atom stereocenters. The first-order chi connectivity index (χ1) is 12.6. The molecule has 0 saturated carbocycles. The Labute approximate surface area is 150 Å². The Kier molecular flexibility index (Phi) is 5.34. The first-order valence-corrected chi connectivity index (χ1v) is 8.01. The molecule has 0 saturated heterocycles. The molecule has 0 fully saturated rings. The molecular weight excluding hydrogens is 329 g/mol. The van der Waals surface area contributed by atoms with Gasteiger partial charge in [-0.05, 0) is 77.9 Å². The second kappa shape index (κ2) is 8.03. The highest BCUT2D eigenvalue weighted by atomic mass is 19.1. The fourth-order valence-electron chi connectivity index (χ4n) is 2.26. The first-order valence-electron chi connectivity index (χ1n) is 8.01. The maximum atomic E-state index is 12.9. The Morgan fingerprint density at radius 2 is 1.46 bits per heavy atom. The van der Waals surface area contributed by atoms with Gasteiger partial charge in [-0.3, -0.25) is 9.79 Å². The zero-order valence-electron chi connectivity index (χ0n) is 13.8. The molecule has 128 valence electrons. The Morgan fingerprint density at radius 3 is 2.12 bits per heavy atom. The minimum atomic E-state index is -0.308. The third-order valence-electron chi connectivity index (χ3n) is 3.70. The number of rotatable bonds is 5. The SMILES string of the molecule is O=C(C=Cc1ccc(F)cc1)c1ccc(N=Cc2ccc(O)cc2)cc1. The molecule has 26 heavy (non-hydrogen) atoms. The van der Waals surface area contributed by atoms with Gasteiger partial charge in [0, 0.05) is 11.8 Å². The van der Waals surface area contributed by atoms with E-state index in [0.717, 1.165) is 16.8 Å². The van der Waals surface area contributed by atoms with Crippen molar-refractivity contribution in [2.75, 3.05) is 0 Å². The number of aliphatic imine (C=N–C) groups is 1. The number of nitrogens with zero attached hydrogens (tertiary/aromatic N) is 1. The van der Waals surface area contributed by atoms with Gasteiger partial charge < -0.3 is 5.11 Å². The summed E-state index contributed by atoms with van der Waals surface area (Å²) in [5.74, 6) is -0.237. The van der Waals surface area contributed by atoms with E-state index in [9.17, 15) is 14.3 Å². The van der Waals surface area contributed by atoms with Crippen molar-refractivity contribution in [2.45, 2.75) is 0 Å². The number of hydrogen-bond acceptors (Lipinski definition) is 3. The monoisotopic (exact) mass is 345 g/mol. The third-order valence-corrected chi connectivity index (χ3v) is 3.70. The molecule has 3 aromatic carbocycles. The standard InChI is InChI=1S/C22H16FNO2/c23-19-8-1-16(2-9-19)5-14-22(26)18-6-10-20(11-7-18)24-15-17-3-12-21(25)13-4-17/h1-15,25H. The Balaban J connectivity index is 1.65. The molecule has 0 aromatic heterocycles. The van der Waals surface area contributed by atoms with Crippen molar-refractivity contribution in [3.8, 4) is 5.75 Å². The summed E-state index contributed by atoms with van der Waals surface area (Å²) in [6.07, 6.45) is 4.80. The summed E-state index contributed by atoms with van der Waals surface area (Å²) in [5.41, 5.74) is 2.89. The number of ketones is 1. The summed E-state index contributed by atoms with van der Waals surface area (Å²) in [5, 5.41) is 9.25. The predicted octanol–water partition coefficient (Wildman–Crippen LogP) is 5.18. The van der Waals surface area contributed by atoms with Crippen LogP contribution < -0.4 is 0 Å². The largest absolute Gasteiger partial charge is 0.508 e. The minimum absolute atomic E-state index is 0.136. The van der Waals surface area contributed by atoms with E-state index in [1.807, 2.05) is 0 Å². The van der Waals surface area contributed by atoms with Crippen LogP contribution in [-0.2, 0) is 0 Å². The normalized spacial score (nSPS) is 11.3. The fourth-order valence-corrected chi connectivity index (χ4v) is 2.26. The zero-order chi connectivity index (χ0) is 18.4. The second-order valence-corrected chi connectivity index (χ2v) is 5.65. The Morgan fingerprint density at radius 1 is 0.846 bits per heavy atom. The van der Waals surface area contributed by atoms with Gasteiger partial charge in [-0.2, -0.15) is 0 Å². The summed E-state index contributed by atoms with van der Waals surface area (Å²) < 4.78 is 12.9. The molecule has 0 amide bonds. The van der Waals surface area contributed by atoms with Crippen LogP contribution in [0, 0.1) is 5.82 Å². The maximum Gasteiger partial charge on any atom is 0.185 e. The summed E-state index contributed by atoms with van der Waals surface area (Å²) in [7, 11) is 0. The van der Waals surface area contributed by atoms with E-state index < -0.39 is 0 Å². The highest BCUT2D eigenvalue weighted by Gasteiger charge is 2.01. The van der Waals surface area contributed by atoms with Crippen molar-refractivity contribution in [2.24, 2.45) is 4.99 Å². The number of phenols is 1. The number of halogens is 1. The van der Waals surface area contributed by atoms with Gasteiger partial charge in [0.2, 0.25) is 0 Å². The summed E-state index contributed by atoms with van der Waals surface area (Å²) in [6.45, 7) is 0. The van der Waals surface area contributed by atoms with Crippen LogP contribution in [-0.4, -0.2) is 17.1 Å². The average molecular weight is 345 g/mol. The molecule has 0 bridgehead atoms. The summed E-state index contributed by atoms with van der Waals surface area (Å²) in [6, 6.07) is 19.6. The highest BCUT2D eigenvalue weighted by Crippen LogP contribution is 2.15. The molecule has 0 aliphatic rings. The molecule has 0 aliphatic heterocycles. The van der Waals surface area contributed by atoms with Gasteiger partial charge in [0.25, 0.3) is 0 Å². The molecule has 3 nitrogen and oxygen atoms in total. The molecule has 0 heterocycles. The van der Waals surface area contributed by atoms with Crippen LogP contribution in [0.1, 0.15) is 21.5 Å². The molecule has 3 aromatic rings. The van der Waals surface area contributed by atoms with Gasteiger partial charge in [0.1, 0.15) is 11.6 Å². The molecule has 0 unspecified atom stereocenters. The third kappa shape index (κ3) is 4.74. The Hall–Kier alpha value is -3.53. The first kappa shape index (κ1) is 17.3. The predicted molar refractivity (Wildman–Crippen MR) is 102 cm³/mol. The van der Waals surface area contributed by atoms with E-state index in [-0.39, 0.29) is 17.3 Å².